The van der Waals surface area contributed by atoms with Crippen LogP contribution in [0, 0.1) is 11.3 Å². The number of carbonyl (C=O) groups is 1. The van der Waals surface area contributed by atoms with E-state index >= 15 is 0 Å². The van der Waals surface area contributed by atoms with Gasteiger partial charge in [0.1, 0.15) is 24.0 Å². The number of aromatic carboxylic acids is 1. The number of pyridine rings is 2. The minimum atomic E-state index is -1.06. The van der Waals surface area contributed by atoms with E-state index in [-0.39, 0.29) is 18.4 Å². The van der Waals surface area contributed by atoms with Crippen molar-refractivity contribution in [3.63, 3.8) is 0 Å². The first kappa shape index (κ1) is 26.8. The lowest BCUT2D eigenvalue weighted by Gasteiger charge is -2.28. The first-order valence-electron chi connectivity index (χ1n) is 13.0. The summed E-state index contributed by atoms with van der Waals surface area (Å²) in [4.78, 5) is 31.4. The molecule has 1 atom stereocenters. The average Bonchev–Trinajstić information content (AvgIpc) is 3.29. The maximum atomic E-state index is 11.5. The summed E-state index contributed by atoms with van der Waals surface area (Å²) in [5.41, 5.74) is 3.66. The van der Waals surface area contributed by atoms with Gasteiger partial charge >= 0.3 is 5.97 Å². The number of nitrogens with zero attached hydrogens (tertiary/aromatic N) is 7. The zero-order valence-corrected chi connectivity index (χ0v) is 21.9. The number of carboxylic acid groups (broad SMARTS) is 1. The highest BCUT2D eigenvalue weighted by Gasteiger charge is 2.23. The molecule has 0 saturated carbocycles. The molecule has 40 heavy (non-hydrogen) atoms. The third-order valence-corrected chi connectivity index (χ3v) is 6.72. The van der Waals surface area contributed by atoms with Crippen LogP contribution in [0.5, 0.6) is 0 Å². The van der Waals surface area contributed by atoms with Gasteiger partial charge in [0.2, 0.25) is 5.88 Å². The molecule has 2 saturated heterocycles. The minimum Gasteiger partial charge on any atom is -0.477 e. The lowest BCUT2D eigenvalue weighted by atomic mass is 10.0. The van der Waals surface area contributed by atoms with E-state index in [9.17, 15) is 9.90 Å². The van der Waals surface area contributed by atoms with Crippen molar-refractivity contribution in [2.75, 3.05) is 19.7 Å². The monoisotopic (exact) mass is 539 g/mol. The Hall–Kier alpha value is -4.82. The maximum Gasteiger partial charge on any atom is 0.354 e. The second-order valence-electron chi connectivity index (χ2n) is 9.47. The fraction of sp³-hybridized carbons (Fsp3) is 0.310. The van der Waals surface area contributed by atoms with Crippen LogP contribution in [-0.4, -0.2) is 67.6 Å². The quantitative estimate of drug-likeness (QED) is 0.176. The number of carboxylic acids is 1. The third-order valence-electron chi connectivity index (χ3n) is 6.72. The number of fused-ring (bicyclic) bond motifs is 1. The van der Waals surface area contributed by atoms with E-state index in [0.29, 0.717) is 34.8 Å². The molecule has 0 amide bonds. The lowest BCUT2D eigenvalue weighted by molar-refractivity contribution is -0.0588. The topological polar surface area (TPSA) is 139 Å². The molecule has 3 aromatic heterocycles. The molecule has 11 nitrogen and oxygen atoms in total. The van der Waals surface area contributed by atoms with Gasteiger partial charge in [0.05, 0.1) is 30.2 Å². The first-order chi connectivity index (χ1) is 19.5. The van der Waals surface area contributed by atoms with E-state index in [0.717, 1.165) is 44.8 Å². The normalized spacial score (nSPS) is 17.5. The molecule has 2 aliphatic rings. The summed E-state index contributed by atoms with van der Waals surface area (Å²) in [7, 11) is 0. The van der Waals surface area contributed by atoms with Crippen molar-refractivity contribution in [3.8, 4) is 6.07 Å². The molecule has 2 fully saturated rings. The van der Waals surface area contributed by atoms with Crippen LogP contribution in [-0.2, 0) is 22.6 Å². The van der Waals surface area contributed by atoms with E-state index in [4.69, 9.17) is 19.7 Å². The highest BCUT2D eigenvalue weighted by atomic mass is 16.5. The highest BCUT2D eigenvalue weighted by Crippen LogP contribution is 2.24. The summed E-state index contributed by atoms with van der Waals surface area (Å²) in [6.45, 7) is 6.84. The molecule has 2 aliphatic heterocycles. The highest BCUT2D eigenvalue weighted by molar-refractivity contribution is 5.88. The molecule has 1 unspecified atom stereocenters. The number of ether oxygens (including phenoxy) is 2. The molecule has 5 heterocycles. The Balaban J connectivity index is 1.23. The number of hydrogen-bond donors (Lipinski definition) is 1. The summed E-state index contributed by atoms with van der Waals surface area (Å²) in [5, 5.41) is 18.3. The Bertz CT molecular complexity index is 1520. The van der Waals surface area contributed by atoms with E-state index in [1.165, 1.54) is 17.8 Å². The molecule has 0 spiro atoms. The molecule has 204 valence electrons. The van der Waals surface area contributed by atoms with Crippen LogP contribution in [0.3, 0.4) is 0 Å². The molecule has 0 bridgehead atoms. The van der Waals surface area contributed by atoms with E-state index in [1.54, 1.807) is 36.7 Å². The summed E-state index contributed by atoms with van der Waals surface area (Å²) >= 11 is 0. The summed E-state index contributed by atoms with van der Waals surface area (Å²) < 4.78 is 13.4. The molecule has 3 aromatic rings. The smallest absolute Gasteiger partial charge is 0.354 e. The zero-order chi connectivity index (χ0) is 27.9. The van der Waals surface area contributed by atoms with Crippen molar-refractivity contribution in [2.24, 2.45) is 4.99 Å². The van der Waals surface area contributed by atoms with Crippen LogP contribution in [0.2, 0.25) is 0 Å². The largest absolute Gasteiger partial charge is 0.477 e. The number of aromatic nitrogens is 4. The van der Waals surface area contributed by atoms with Crippen molar-refractivity contribution >= 4 is 29.5 Å². The van der Waals surface area contributed by atoms with Gasteiger partial charge in [-0.2, -0.15) is 5.26 Å². The van der Waals surface area contributed by atoms with Gasteiger partial charge in [-0.1, -0.05) is 18.2 Å². The first-order valence-corrected chi connectivity index (χ1v) is 13.0. The van der Waals surface area contributed by atoms with Crippen LogP contribution in [0.1, 0.15) is 46.8 Å². The number of hydrogen-bond acceptors (Lipinski definition) is 8. The molecule has 5 rings (SSSR count). The molecule has 0 aromatic carbocycles. The Kier molecular flexibility index (Phi) is 8.27. The van der Waals surface area contributed by atoms with E-state index in [1.807, 2.05) is 10.6 Å². The fourth-order valence-electron chi connectivity index (χ4n) is 4.41. The van der Waals surface area contributed by atoms with Crippen molar-refractivity contribution in [1.29, 1.82) is 5.26 Å². The maximum absolute atomic E-state index is 11.5. The van der Waals surface area contributed by atoms with Gasteiger partial charge in [0.15, 0.2) is 11.3 Å². The van der Waals surface area contributed by atoms with Crippen LogP contribution >= 0.6 is 0 Å². The lowest BCUT2D eigenvalue weighted by Crippen LogP contribution is -2.32. The molecule has 1 N–H and O–H groups in total. The van der Waals surface area contributed by atoms with Gasteiger partial charge in [-0.25, -0.2) is 19.8 Å². The number of imidazole rings is 1. The number of allylic oxidation sites excluding steroid dienone is 2. The molecular weight excluding hydrogens is 510 g/mol. The van der Waals surface area contributed by atoms with Gasteiger partial charge in [0.25, 0.3) is 0 Å². The van der Waals surface area contributed by atoms with Crippen molar-refractivity contribution in [3.05, 3.63) is 83.4 Å². The molecule has 0 aliphatic carbocycles. The molecular formula is C29H29N7O4. The number of rotatable bonds is 10. The second kappa shape index (κ2) is 12.4. The van der Waals surface area contributed by atoms with Gasteiger partial charge in [0, 0.05) is 25.9 Å². The van der Waals surface area contributed by atoms with E-state index in [2.05, 4.69) is 32.5 Å². The van der Waals surface area contributed by atoms with Gasteiger partial charge in [-0.05, 0) is 55.7 Å². The van der Waals surface area contributed by atoms with Crippen molar-refractivity contribution in [2.45, 2.75) is 38.5 Å². The summed E-state index contributed by atoms with van der Waals surface area (Å²) in [6, 6.07) is 8.69. The molecule has 11 heteroatoms. The number of nitriles is 1. The Labute approximate surface area is 231 Å². The predicted octanol–water partition coefficient (Wildman–Crippen LogP) is 3.94. The van der Waals surface area contributed by atoms with E-state index < -0.39 is 5.97 Å². The Morgan fingerprint density at radius 1 is 1.27 bits per heavy atom. The van der Waals surface area contributed by atoms with Crippen LogP contribution in [0.25, 0.3) is 17.2 Å². The fourth-order valence-corrected chi connectivity index (χ4v) is 4.41. The second-order valence-corrected chi connectivity index (χ2v) is 9.47. The average molecular weight is 540 g/mol. The van der Waals surface area contributed by atoms with Crippen LogP contribution < -0.4 is 0 Å². The summed E-state index contributed by atoms with van der Waals surface area (Å²) in [5.74, 6) is 0.118. The SMILES string of the molecule is C=C/C=C(\N=C\N1CCC(=Cc2nc3ccc(C(=O)O)nc3n2CC2CCO2)CC1)OCc1ccc(C#N)cn1. The van der Waals surface area contributed by atoms with Crippen LogP contribution in [0.15, 0.2) is 65.6 Å². The van der Waals surface area contributed by atoms with Gasteiger partial charge in [-0.3, -0.25) is 4.98 Å². The number of likely N-dealkylation sites (tertiary alicyclic amines) is 1. The third kappa shape index (κ3) is 6.42. The Morgan fingerprint density at radius 3 is 2.75 bits per heavy atom. The van der Waals surface area contributed by atoms with Gasteiger partial charge in [-0.15, -0.1) is 0 Å². The molecule has 0 radical (unpaired) electrons. The zero-order valence-electron chi connectivity index (χ0n) is 21.9. The van der Waals surface area contributed by atoms with Crippen molar-refractivity contribution < 1.29 is 19.4 Å². The van der Waals surface area contributed by atoms with Crippen LogP contribution in [0.4, 0.5) is 0 Å². The van der Waals surface area contributed by atoms with Gasteiger partial charge < -0.3 is 24.0 Å². The number of piperidine rings is 1. The predicted molar refractivity (Wildman–Crippen MR) is 148 cm³/mol. The summed E-state index contributed by atoms with van der Waals surface area (Å²) in [6.07, 6.45) is 11.4. The van der Waals surface area contributed by atoms with Crippen molar-refractivity contribution in [1.82, 2.24) is 24.4 Å². The minimum absolute atomic E-state index is 0.00278. The standard InChI is InChI=1S/C29H29N7O4/c1-2-3-27(40-18-22-5-4-21(15-30)16-31-22)32-19-35-11-8-20(9-12-35)14-26-33-24-6-7-25(29(37)38)34-28(24)36(26)17-23-10-13-39-23/h2-7,14,16,19,23H,1,8-13,17-18H2,(H,37,38)/b27-3+,32-19+. The number of aliphatic imine (C=N–C) groups is 1. The Morgan fingerprint density at radius 2 is 2.10 bits per heavy atom.